The van der Waals surface area contributed by atoms with E-state index in [1.807, 2.05) is 0 Å². The molecule has 1 heterocycles. The van der Waals surface area contributed by atoms with Gasteiger partial charge in [0.1, 0.15) is 24.6 Å². The lowest BCUT2D eigenvalue weighted by Gasteiger charge is -2.74. The molecule has 0 radical (unpaired) electrons. The van der Waals surface area contributed by atoms with Gasteiger partial charge in [-0.15, -0.1) is 0 Å². The van der Waals surface area contributed by atoms with E-state index in [-0.39, 0.29) is 33.5 Å². The van der Waals surface area contributed by atoms with Crippen molar-refractivity contribution in [1.82, 2.24) is 0 Å². The van der Waals surface area contributed by atoms with Crippen LogP contribution in [0.3, 0.4) is 0 Å². The number of carboxylic acids is 2. The first kappa shape index (κ1) is 36.3. The highest BCUT2D eigenvalue weighted by Gasteiger charge is 2.74. The van der Waals surface area contributed by atoms with Gasteiger partial charge >= 0.3 is 11.9 Å². The molecule has 6 aliphatic carbocycles. The third-order valence-corrected chi connectivity index (χ3v) is 16.5. The number of aliphatic carboxylic acids is 2. The second kappa shape index (κ2) is 11.7. The maximum atomic E-state index is 13.4. The first-order valence-corrected chi connectivity index (χ1v) is 19.0. The fourth-order valence-electron chi connectivity index (χ4n) is 14.0. The summed E-state index contributed by atoms with van der Waals surface area (Å²) >= 11 is 0. The van der Waals surface area contributed by atoms with Gasteiger partial charge in [-0.25, -0.2) is 4.79 Å². The Bertz CT molecular complexity index is 1490. The van der Waals surface area contributed by atoms with Crippen LogP contribution in [0.15, 0.2) is 23.8 Å². The molecule has 0 amide bonds. The molecule has 5 fully saturated rings. The zero-order valence-electron chi connectivity index (χ0n) is 30.4. The van der Waals surface area contributed by atoms with Gasteiger partial charge in [0.2, 0.25) is 0 Å². The van der Waals surface area contributed by atoms with Crippen LogP contribution in [-0.2, 0) is 23.9 Å². The van der Waals surface area contributed by atoms with Crippen LogP contribution in [0.5, 0.6) is 0 Å². The molecule has 14 atom stereocenters. The van der Waals surface area contributed by atoms with Crippen molar-refractivity contribution in [3.05, 3.63) is 23.8 Å². The van der Waals surface area contributed by atoms with Gasteiger partial charge in [-0.3, -0.25) is 4.79 Å². The quantitative estimate of drug-likeness (QED) is 0.131. The van der Waals surface area contributed by atoms with Crippen LogP contribution in [0, 0.1) is 49.7 Å². The summed E-state index contributed by atoms with van der Waals surface area (Å²) in [6.07, 6.45) is 9.56. The van der Waals surface area contributed by atoms with Crippen LogP contribution < -0.4 is 0 Å². The zero-order valence-corrected chi connectivity index (χ0v) is 30.4. The summed E-state index contributed by atoms with van der Waals surface area (Å²) in [5.41, 5.74) is -1.02. The van der Waals surface area contributed by atoms with Crippen molar-refractivity contribution in [2.45, 2.75) is 155 Å². The summed E-state index contributed by atoms with van der Waals surface area (Å²) in [5.74, 6) is -1.62. The highest BCUT2D eigenvalue weighted by atomic mass is 16.7. The Hall–Kier alpha value is -2.11. The van der Waals surface area contributed by atoms with Crippen molar-refractivity contribution < 1.29 is 49.4 Å². The fraction of sp³-hybridized carbons (Fsp3) is 0.825. The van der Waals surface area contributed by atoms with Crippen LogP contribution in [-0.4, -0.2) is 80.6 Å². The summed E-state index contributed by atoms with van der Waals surface area (Å²) in [5, 5.41) is 52.1. The summed E-state index contributed by atoms with van der Waals surface area (Å²) in [7, 11) is 0. The SMILES string of the molecule is CC12CC=CC3(C1)C1=CCC4C5(C)CCC(OC6OC(C(=O)O)C(O)C(O)C6O)C(C)(C)C5CCC4(C)C1(CCC=O)CCC3(C(=O)O)CC2. The van der Waals surface area contributed by atoms with Crippen molar-refractivity contribution in [2.24, 2.45) is 49.7 Å². The second-order valence-corrected chi connectivity index (χ2v) is 18.9. The predicted octanol–water partition coefficient (Wildman–Crippen LogP) is 5.42. The number of fused-ring (bicyclic) bond motifs is 6. The van der Waals surface area contributed by atoms with E-state index in [1.54, 1.807) is 0 Å². The number of allylic oxidation sites excluding steroid dienone is 4. The topological polar surface area (TPSA) is 171 Å². The average molecular weight is 699 g/mol. The van der Waals surface area contributed by atoms with Crippen molar-refractivity contribution in [2.75, 3.05) is 0 Å². The van der Waals surface area contributed by atoms with Crippen molar-refractivity contribution in [1.29, 1.82) is 0 Å². The summed E-state index contributed by atoms with van der Waals surface area (Å²) in [4.78, 5) is 37.4. The van der Waals surface area contributed by atoms with Gasteiger partial charge < -0.3 is 39.8 Å². The molecule has 4 saturated carbocycles. The van der Waals surface area contributed by atoms with Gasteiger partial charge in [-0.2, -0.15) is 0 Å². The van der Waals surface area contributed by atoms with Crippen LogP contribution >= 0.6 is 0 Å². The molecule has 1 saturated heterocycles. The molecule has 14 unspecified atom stereocenters. The normalized spacial score (nSPS) is 52.0. The minimum absolute atomic E-state index is 0.0559. The number of carboxylic acid groups (broad SMARTS) is 2. The number of aliphatic hydroxyl groups excluding tert-OH is 3. The van der Waals surface area contributed by atoms with E-state index in [2.05, 4.69) is 52.8 Å². The van der Waals surface area contributed by atoms with E-state index < -0.39 is 65.0 Å². The monoisotopic (exact) mass is 698 g/mol. The Morgan fingerprint density at radius 2 is 1.64 bits per heavy atom. The highest BCUT2D eigenvalue weighted by molar-refractivity contribution is 5.79. The number of hydrogen-bond donors (Lipinski definition) is 5. The van der Waals surface area contributed by atoms with E-state index in [0.29, 0.717) is 25.7 Å². The van der Waals surface area contributed by atoms with Gasteiger partial charge in [-0.05, 0) is 116 Å². The Kier molecular flexibility index (Phi) is 8.48. The molecule has 10 nitrogen and oxygen atoms in total. The number of carbonyl (C=O) groups excluding carboxylic acids is 1. The largest absolute Gasteiger partial charge is 0.481 e. The van der Waals surface area contributed by atoms with Gasteiger partial charge in [0.25, 0.3) is 0 Å². The highest BCUT2D eigenvalue weighted by Crippen LogP contribution is 2.80. The Labute approximate surface area is 295 Å². The smallest absolute Gasteiger partial charge is 0.335 e. The minimum atomic E-state index is -1.77. The van der Waals surface area contributed by atoms with E-state index in [1.165, 1.54) is 5.57 Å². The third-order valence-electron chi connectivity index (χ3n) is 16.5. The third kappa shape index (κ3) is 4.59. The first-order valence-electron chi connectivity index (χ1n) is 19.0. The lowest BCUT2D eigenvalue weighted by atomic mass is 9.30. The number of rotatable bonds is 7. The average Bonchev–Trinajstić information content (AvgIpc) is 3.04. The standard InChI is InChI=1S/C40H58O10/c1-34(2)23-10-16-37(5)24(36(23,4)15-11-26(34)49-32-29(44)27(42)28(43)30(50-32)31(45)46)8-9-25-38(37,14-7-21-41)19-20-39(33(47)48)18-17-35(3)12-6-13-40(25,39)22-35/h6,9,13,21,23-24,26-30,32,42-44H,7-8,10-12,14-20,22H2,1-5H3,(H,45,46)(H,47,48). The molecule has 2 bridgehead atoms. The molecular formula is C40H58O10. The van der Waals surface area contributed by atoms with Crippen LogP contribution in [0.4, 0.5) is 0 Å². The van der Waals surface area contributed by atoms with Crippen molar-refractivity contribution >= 4 is 18.2 Å². The molecule has 0 aromatic rings. The zero-order chi connectivity index (χ0) is 36.3. The molecule has 278 valence electrons. The summed E-state index contributed by atoms with van der Waals surface area (Å²) < 4.78 is 12.0. The maximum absolute atomic E-state index is 13.4. The van der Waals surface area contributed by atoms with E-state index in [4.69, 9.17) is 9.47 Å². The molecule has 7 rings (SSSR count). The molecule has 0 aromatic carbocycles. The lowest BCUT2D eigenvalue weighted by Crippen LogP contribution is -2.68. The summed E-state index contributed by atoms with van der Waals surface area (Å²) in [6.45, 7) is 11.6. The van der Waals surface area contributed by atoms with Crippen LogP contribution in [0.1, 0.15) is 118 Å². The fourth-order valence-corrected chi connectivity index (χ4v) is 14.0. The number of carbonyl (C=O) groups is 3. The second-order valence-electron chi connectivity index (χ2n) is 18.9. The Morgan fingerprint density at radius 3 is 2.32 bits per heavy atom. The molecule has 50 heavy (non-hydrogen) atoms. The minimum Gasteiger partial charge on any atom is -0.481 e. The molecule has 5 N–H and O–H groups in total. The molecule has 0 aromatic heterocycles. The number of hydrogen-bond acceptors (Lipinski definition) is 8. The van der Waals surface area contributed by atoms with E-state index >= 15 is 0 Å². The van der Waals surface area contributed by atoms with Gasteiger partial charge in [0, 0.05) is 11.8 Å². The molecule has 7 aliphatic rings. The molecule has 1 aliphatic heterocycles. The Balaban J connectivity index is 1.25. The van der Waals surface area contributed by atoms with Crippen LogP contribution in [0.25, 0.3) is 0 Å². The van der Waals surface area contributed by atoms with E-state index in [9.17, 15) is 39.9 Å². The van der Waals surface area contributed by atoms with Gasteiger partial charge in [-0.1, -0.05) is 58.4 Å². The van der Waals surface area contributed by atoms with Gasteiger partial charge in [0.05, 0.1) is 11.5 Å². The van der Waals surface area contributed by atoms with Crippen LogP contribution in [0.2, 0.25) is 0 Å². The van der Waals surface area contributed by atoms with Crippen molar-refractivity contribution in [3.8, 4) is 0 Å². The molecule has 10 heteroatoms. The predicted molar refractivity (Wildman–Crippen MR) is 183 cm³/mol. The van der Waals surface area contributed by atoms with Crippen molar-refractivity contribution in [3.63, 3.8) is 0 Å². The number of aliphatic hydroxyl groups is 3. The first-order chi connectivity index (χ1) is 23.4. The molecule has 1 spiro atoms. The van der Waals surface area contributed by atoms with E-state index in [0.717, 1.165) is 64.1 Å². The number of ether oxygens (including phenoxy) is 2. The van der Waals surface area contributed by atoms with Gasteiger partial charge in [0.15, 0.2) is 12.4 Å². The Morgan fingerprint density at radius 1 is 0.920 bits per heavy atom. The molecular weight excluding hydrogens is 640 g/mol. The number of aldehydes is 1. The lowest BCUT2D eigenvalue weighted by molar-refractivity contribution is -0.324. The summed E-state index contributed by atoms with van der Waals surface area (Å²) in [6, 6.07) is 0. The maximum Gasteiger partial charge on any atom is 0.335 e.